The van der Waals surface area contributed by atoms with Gasteiger partial charge >= 0.3 is 6.18 Å². The fourth-order valence-electron chi connectivity index (χ4n) is 1.36. The van der Waals surface area contributed by atoms with E-state index in [9.17, 15) is 23.4 Å². The van der Waals surface area contributed by atoms with Crippen molar-refractivity contribution < 1.29 is 23.4 Å². The Labute approximate surface area is 106 Å². The first-order valence-electron chi connectivity index (χ1n) is 4.87. The van der Waals surface area contributed by atoms with Crippen molar-refractivity contribution in [2.24, 2.45) is 0 Å². The smallest absolute Gasteiger partial charge is 0.389 e. The number of nitriles is 1. The van der Waals surface area contributed by atoms with Crippen LogP contribution in [0.2, 0.25) is 5.02 Å². The predicted molar refractivity (Wildman–Crippen MR) is 57.7 cm³/mol. The van der Waals surface area contributed by atoms with E-state index in [2.05, 4.69) is 0 Å². The van der Waals surface area contributed by atoms with E-state index in [0.717, 1.165) is 12.1 Å². The van der Waals surface area contributed by atoms with Gasteiger partial charge in [0.05, 0.1) is 24.2 Å². The summed E-state index contributed by atoms with van der Waals surface area (Å²) in [4.78, 5) is 0. The molecule has 0 radical (unpaired) electrons. The Balaban J connectivity index is 3.03. The number of nitrogens with zero attached hydrogens (tertiary/aromatic N) is 1. The number of halogens is 4. The molecule has 2 N–H and O–H groups in total. The van der Waals surface area contributed by atoms with Gasteiger partial charge in [-0.2, -0.15) is 18.4 Å². The summed E-state index contributed by atoms with van der Waals surface area (Å²) in [5, 5.41) is 27.0. The molecule has 0 bridgehead atoms. The second-order valence-corrected chi connectivity index (χ2v) is 4.02. The highest BCUT2D eigenvalue weighted by Crippen LogP contribution is 2.34. The Morgan fingerprint density at radius 2 is 1.94 bits per heavy atom. The molecule has 0 saturated carbocycles. The Hall–Kier alpha value is -1.29. The first-order chi connectivity index (χ1) is 8.27. The summed E-state index contributed by atoms with van der Waals surface area (Å²) in [5.74, 6) is 0. The van der Waals surface area contributed by atoms with Gasteiger partial charge in [0, 0.05) is 10.6 Å². The Morgan fingerprint density at radius 3 is 2.39 bits per heavy atom. The van der Waals surface area contributed by atoms with E-state index in [1.54, 1.807) is 6.07 Å². The van der Waals surface area contributed by atoms with Crippen molar-refractivity contribution in [3.63, 3.8) is 0 Å². The summed E-state index contributed by atoms with van der Waals surface area (Å²) in [5.41, 5.74) is -0.995. The third kappa shape index (κ3) is 3.35. The highest BCUT2D eigenvalue weighted by molar-refractivity contribution is 6.31. The molecule has 7 heteroatoms. The van der Waals surface area contributed by atoms with Gasteiger partial charge in [0.2, 0.25) is 0 Å². The van der Waals surface area contributed by atoms with E-state index in [1.165, 1.54) is 0 Å². The lowest BCUT2D eigenvalue weighted by Gasteiger charge is -2.18. The van der Waals surface area contributed by atoms with E-state index in [1.807, 2.05) is 0 Å². The van der Waals surface area contributed by atoms with E-state index in [0.29, 0.717) is 6.07 Å². The van der Waals surface area contributed by atoms with Crippen molar-refractivity contribution in [1.29, 1.82) is 5.26 Å². The third-order valence-corrected chi connectivity index (χ3v) is 2.64. The van der Waals surface area contributed by atoms with Crippen molar-refractivity contribution >= 4 is 11.6 Å². The molecule has 0 aliphatic carbocycles. The maximum Gasteiger partial charge on any atom is 0.416 e. The average molecular weight is 280 g/mol. The molecule has 0 amide bonds. The van der Waals surface area contributed by atoms with Crippen LogP contribution in [0.4, 0.5) is 13.2 Å². The highest BCUT2D eigenvalue weighted by atomic mass is 35.5. The van der Waals surface area contributed by atoms with Gasteiger partial charge < -0.3 is 10.2 Å². The van der Waals surface area contributed by atoms with E-state index in [-0.39, 0.29) is 17.0 Å². The second kappa shape index (κ2) is 5.57. The Kier molecular flexibility index (Phi) is 4.57. The van der Waals surface area contributed by atoms with Crippen LogP contribution >= 0.6 is 11.6 Å². The van der Waals surface area contributed by atoms with Crippen LogP contribution in [-0.4, -0.2) is 16.3 Å². The van der Waals surface area contributed by atoms with Gasteiger partial charge in [-0.3, -0.25) is 0 Å². The number of hydrogen-bond acceptors (Lipinski definition) is 3. The lowest BCUT2D eigenvalue weighted by molar-refractivity contribution is -0.137. The van der Waals surface area contributed by atoms with E-state index < -0.39 is 23.9 Å². The first-order valence-corrected chi connectivity index (χ1v) is 5.25. The van der Waals surface area contributed by atoms with Crippen LogP contribution in [0.1, 0.15) is 23.7 Å². The largest absolute Gasteiger partial charge is 0.416 e. The minimum absolute atomic E-state index is 0.0487. The van der Waals surface area contributed by atoms with Gasteiger partial charge in [-0.15, -0.1) is 0 Å². The zero-order chi connectivity index (χ0) is 13.9. The molecule has 0 spiro atoms. The molecule has 0 aliphatic heterocycles. The van der Waals surface area contributed by atoms with Crippen LogP contribution in [0, 0.1) is 11.3 Å². The quantitative estimate of drug-likeness (QED) is 0.894. The molecule has 3 nitrogen and oxygen atoms in total. The van der Waals surface area contributed by atoms with Crippen LogP contribution in [-0.2, 0) is 6.18 Å². The van der Waals surface area contributed by atoms with E-state index in [4.69, 9.17) is 16.9 Å². The molecule has 1 aromatic rings. The lowest BCUT2D eigenvalue weighted by atomic mass is 10.0. The average Bonchev–Trinajstić information content (AvgIpc) is 2.27. The Bertz CT molecular complexity index is 470. The predicted octanol–water partition coefficient (Wildman–Crippen LogP) is 2.67. The maximum absolute atomic E-state index is 12.4. The van der Waals surface area contributed by atoms with Crippen LogP contribution in [0.5, 0.6) is 0 Å². The second-order valence-electron chi connectivity index (χ2n) is 3.61. The molecular formula is C11H9ClF3NO2. The lowest BCUT2D eigenvalue weighted by Crippen LogP contribution is -2.18. The van der Waals surface area contributed by atoms with Gasteiger partial charge in [0.1, 0.15) is 6.10 Å². The van der Waals surface area contributed by atoms with Crippen LogP contribution in [0.15, 0.2) is 18.2 Å². The molecule has 1 rings (SSSR count). The van der Waals surface area contributed by atoms with Crippen LogP contribution in [0.3, 0.4) is 0 Å². The SMILES string of the molecule is N#CCC(O)C(O)c1ccc(C(F)(F)F)cc1Cl. The van der Waals surface area contributed by atoms with Gasteiger partial charge in [0.25, 0.3) is 0 Å². The zero-order valence-corrected chi connectivity index (χ0v) is 9.70. The van der Waals surface area contributed by atoms with Crippen LogP contribution < -0.4 is 0 Å². The fourth-order valence-corrected chi connectivity index (χ4v) is 1.65. The number of benzene rings is 1. The fraction of sp³-hybridized carbons (Fsp3) is 0.364. The van der Waals surface area contributed by atoms with Crippen molar-refractivity contribution in [1.82, 2.24) is 0 Å². The molecule has 1 aromatic carbocycles. The summed E-state index contributed by atoms with van der Waals surface area (Å²) in [6, 6.07) is 4.04. The van der Waals surface area contributed by atoms with Gasteiger partial charge in [-0.05, 0) is 12.1 Å². The number of rotatable bonds is 3. The normalized spacial score (nSPS) is 14.9. The number of aliphatic hydroxyl groups excluding tert-OH is 2. The van der Waals surface area contributed by atoms with Gasteiger partial charge in [-0.25, -0.2) is 0 Å². The third-order valence-electron chi connectivity index (χ3n) is 2.31. The molecule has 2 unspecified atom stereocenters. The van der Waals surface area contributed by atoms with Crippen molar-refractivity contribution in [2.45, 2.75) is 24.8 Å². The number of hydrogen-bond donors (Lipinski definition) is 2. The molecule has 2 atom stereocenters. The molecule has 0 fully saturated rings. The minimum Gasteiger partial charge on any atom is -0.389 e. The summed E-state index contributed by atoms with van der Waals surface area (Å²) < 4.78 is 37.1. The van der Waals surface area contributed by atoms with E-state index >= 15 is 0 Å². The van der Waals surface area contributed by atoms with Gasteiger partial charge in [0.15, 0.2) is 0 Å². The summed E-state index contributed by atoms with van der Waals surface area (Å²) >= 11 is 5.62. The molecule has 98 valence electrons. The monoisotopic (exact) mass is 279 g/mol. The Morgan fingerprint density at radius 1 is 1.33 bits per heavy atom. The molecular weight excluding hydrogens is 271 g/mol. The number of aliphatic hydroxyl groups is 2. The molecule has 0 aromatic heterocycles. The first kappa shape index (κ1) is 14.8. The standard InChI is InChI=1S/C11H9ClF3NO2/c12-8-5-6(11(13,14)15)1-2-7(8)10(18)9(17)3-4-16/h1-2,5,9-10,17-18H,3H2. The molecule has 18 heavy (non-hydrogen) atoms. The minimum atomic E-state index is -4.53. The van der Waals surface area contributed by atoms with Gasteiger partial charge in [-0.1, -0.05) is 17.7 Å². The summed E-state index contributed by atoms with van der Waals surface area (Å²) in [6.07, 6.45) is -7.78. The molecule has 0 aliphatic rings. The topological polar surface area (TPSA) is 64.2 Å². The summed E-state index contributed by atoms with van der Waals surface area (Å²) in [7, 11) is 0. The van der Waals surface area contributed by atoms with Crippen LogP contribution in [0.25, 0.3) is 0 Å². The molecule has 0 saturated heterocycles. The number of alkyl halides is 3. The van der Waals surface area contributed by atoms with Crippen molar-refractivity contribution in [3.05, 3.63) is 34.3 Å². The maximum atomic E-state index is 12.4. The van der Waals surface area contributed by atoms with Crippen molar-refractivity contribution in [2.75, 3.05) is 0 Å². The molecule has 0 heterocycles. The zero-order valence-electron chi connectivity index (χ0n) is 8.95. The highest BCUT2D eigenvalue weighted by Gasteiger charge is 2.31. The van der Waals surface area contributed by atoms with Crippen molar-refractivity contribution in [3.8, 4) is 6.07 Å². The summed E-state index contributed by atoms with van der Waals surface area (Å²) in [6.45, 7) is 0.